The highest BCUT2D eigenvalue weighted by molar-refractivity contribution is 5.64. The number of pyridine rings is 1. The number of hydrogen-bond donors (Lipinski definition) is 1. The molecule has 0 fully saturated rings. The zero-order valence-electron chi connectivity index (χ0n) is 12.0. The number of hydrogen-bond acceptors (Lipinski definition) is 2. The van der Waals surface area contributed by atoms with Crippen molar-refractivity contribution in [2.45, 2.75) is 32.2 Å². The van der Waals surface area contributed by atoms with E-state index in [1.807, 2.05) is 12.3 Å². The van der Waals surface area contributed by atoms with Crippen LogP contribution in [0, 0.1) is 0 Å². The fourth-order valence-electron chi connectivity index (χ4n) is 3.18. The van der Waals surface area contributed by atoms with Crippen LogP contribution in [0.15, 0.2) is 42.7 Å². The van der Waals surface area contributed by atoms with E-state index in [-0.39, 0.29) is 0 Å². The Morgan fingerprint density at radius 1 is 1.05 bits per heavy atom. The zero-order valence-corrected chi connectivity index (χ0v) is 12.0. The molecule has 2 aromatic heterocycles. The molecule has 3 heteroatoms. The molecule has 2 heterocycles. The molecule has 0 saturated heterocycles. The predicted octanol–water partition coefficient (Wildman–Crippen LogP) is 3.34. The van der Waals surface area contributed by atoms with Crippen molar-refractivity contribution in [3.05, 3.63) is 59.4 Å². The third-order valence-electron chi connectivity index (χ3n) is 4.40. The molecule has 1 aliphatic rings. The standard InChI is InChI=1S/C18H19N3/c19-11-13-7-8-21-12-17(20-18(21)9-13)16-6-5-14-3-1-2-4-15(14)10-16/h5-10,12H,1-4,11,19H2. The molecule has 3 aromatic rings. The summed E-state index contributed by atoms with van der Waals surface area (Å²) in [5.74, 6) is 0. The van der Waals surface area contributed by atoms with Crippen LogP contribution in [0.5, 0.6) is 0 Å². The van der Waals surface area contributed by atoms with Gasteiger partial charge in [-0.3, -0.25) is 0 Å². The van der Waals surface area contributed by atoms with Crippen LogP contribution < -0.4 is 5.73 Å². The summed E-state index contributed by atoms with van der Waals surface area (Å²) in [6, 6.07) is 10.9. The summed E-state index contributed by atoms with van der Waals surface area (Å²) in [5.41, 5.74) is 13.0. The molecular weight excluding hydrogens is 258 g/mol. The Hall–Kier alpha value is -2.13. The third-order valence-corrected chi connectivity index (χ3v) is 4.40. The molecule has 0 spiro atoms. The number of rotatable bonds is 2. The summed E-state index contributed by atoms with van der Waals surface area (Å²) < 4.78 is 2.06. The Morgan fingerprint density at radius 2 is 1.90 bits per heavy atom. The van der Waals surface area contributed by atoms with E-state index < -0.39 is 0 Å². The lowest BCUT2D eigenvalue weighted by molar-refractivity contribution is 0.686. The maximum absolute atomic E-state index is 5.70. The van der Waals surface area contributed by atoms with Crippen molar-refractivity contribution in [2.24, 2.45) is 5.73 Å². The SMILES string of the molecule is NCc1ccn2cc(-c3ccc4c(c3)CCCC4)nc2c1. The third kappa shape index (κ3) is 2.24. The van der Waals surface area contributed by atoms with Crippen LogP contribution in [-0.4, -0.2) is 9.38 Å². The Balaban J connectivity index is 1.78. The molecule has 0 bridgehead atoms. The lowest BCUT2D eigenvalue weighted by Crippen LogP contribution is -2.02. The molecule has 0 atom stereocenters. The van der Waals surface area contributed by atoms with E-state index in [2.05, 4.69) is 34.9 Å². The van der Waals surface area contributed by atoms with Crippen molar-refractivity contribution in [3.8, 4) is 11.3 Å². The summed E-state index contributed by atoms with van der Waals surface area (Å²) in [6.45, 7) is 0.553. The smallest absolute Gasteiger partial charge is 0.137 e. The lowest BCUT2D eigenvalue weighted by Gasteiger charge is -2.15. The molecule has 0 unspecified atom stereocenters. The summed E-state index contributed by atoms with van der Waals surface area (Å²) in [5, 5.41) is 0. The van der Waals surface area contributed by atoms with Crippen LogP contribution in [0.4, 0.5) is 0 Å². The molecule has 0 saturated carbocycles. The van der Waals surface area contributed by atoms with Crippen molar-refractivity contribution < 1.29 is 0 Å². The molecule has 1 aromatic carbocycles. The van der Waals surface area contributed by atoms with Crippen molar-refractivity contribution in [2.75, 3.05) is 0 Å². The van der Waals surface area contributed by atoms with E-state index in [0.29, 0.717) is 6.54 Å². The average Bonchev–Trinajstić information content (AvgIpc) is 2.97. The van der Waals surface area contributed by atoms with Gasteiger partial charge < -0.3 is 10.1 Å². The van der Waals surface area contributed by atoms with Crippen molar-refractivity contribution in [1.82, 2.24) is 9.38 Å². The topological polar surface area (TPSA) is 43.3 Å². The first-order valence-corrected chi connectivity index (χ1v) is 7.63. The molecule has 1 aliphatic carbocycles. The van der Waals surface area contributed by atoms with Gasteiger partial charge in [-0.15, -0.1) is 0 Å². The molecule has 3 nitrogen and oxygen atoms in total. The highest BCUT2D eigenvalue weighted by Crippen LogP contribution is 2.27. The fourth-order valence-corrected chi connectivity index (χ4v) is 3.18. The Labute approximate surface area is 124 Å². The highest BCUT2D eigenvalue weighted by Gasteiger charge is 2.11. The molecule has 2 N–H and O–H groups in total. The van der Waals surface area contributed by atoms with Gasteiger partial charge in [0.05, 0.1) is 5.69 Å². The summed E-state index contributed by atoms with van der Waals surface area (Å²) >= 11 is 0. The first kappa shape index (κ1) is 12.6. The van der Waals surface area contributed by atoms with E-state index in [0.717, 1.165) is 16.9 Å². The van der Waals surface area contributed by atoms with Gasteiger partial charge in [-0.1, -0.05) is 12.1 Å². The second kappa shape index (κ2) is 5.01. The average molecular weight is 277 g/mol. The normalized spacial score (nSPS) is 14.3. The summed E-state index contributed by atoms with van der Waals surface area (Å²) in [4.78, 5) is 4.75. The predicted molar refractivity (Wildman–Crippen MR) is 85.2 cm³/mol. The first-order chi connectivity index (χ1) is 10.3. The van der Waals surface area contributed by atoms with Gasteiger partial charge in [-0.25, -0.2) is 4.98 Å². The largest absolute Gasteiger partial charge is 0.326 e. The molecule has 21 heavy (non-hydrogen) atoms. The van der Waals surface area contributed by atoms with Gasteiger partial charge in [0.25, 0.3) is 0 Å². The van der Waals surface area contributed by atoms with Crippen LogP contribution in [-0.2, 0) is 19.4 Å². The van der Waals surface area contributed by atoms with Crippen LogP contribution in [0.25, 0.3) is 16.9 Å². The fraction of sp³-hybridized carbons (Fsp3) is 0.278. The molecular formula is C18H19N3. The maximum atomic E-state index is 5.70. The van der Waals surface area contributed by atoms with Crippen LogP contribution >= 0.6 is 0 Å². The Bertz CT molecular complexity index is 801. The Kier molecular flexibility index (Phi) is 3.00. The van der Waals surface area contributed by atoms with Crippen LogP contribution in [0.2, 0.25) is 0 Å². The lowest BCUT2D eigenvalue weighted by atomic mass is 9.90. The number of imidazole rings is 1. The zero-order chi connectivity index (χ0) is 14.2. The van der Waals surface area contributed by atoms with E-state index in [9.17, 15) is 0 Å². The number of aryl methyl sites for hydroxylation is 2. The molecule has 4 rings (SSSR count). The van der Waals surface area contributed by atoms with Crippen LogP contribution in [0.3, 0.4) is 0 Å². The monoisotopic (exact) mass is 277 g/mol. The number of benzene rings is 1. The minimum atomic E-state index is 0.553. The summed E-state index contributed by atoms with van der Waals surface area (Å²) in [7, 11) is 0. The maximum Gasteiger partial charge on any atom is 0.137 e. The van der Waals surface area contributed by atoms with E-state index in [1.54, 1.807) is 0 Å². The van der Waals surface area contributed by atoms with Gasteiger partial charge in [0.1, 0.15) is 5.65 Å². The van der Waals surface area contributed by atoms with Gasteiger partial charge in [-0.2, -0.15) is 0 Å². The number of nitrogens with two attached hydrogens (primary N) is 1. The number of fused-ring (bicyclic) bond motifs is 2. The molecule has 106 valence electrons. The Morgan fingerprint density at radius 3 is 2.76 bits per heavy atom. The minimum Gasteiger partial charge on any atom is -0.326 e. The highest BCUT2D eigenvalue weighted by atomic mass is 15.0. The number of aromatic nitrogens is 2. The number of nitrogens with zero attached hydrogens (tertiary/aromatic N) is 2. The van der Waals surface area contributed by atoms with Gasteiger partial charge in [-0.05, 0) is 60.6 Å². The van der Waals surface area contributed by atoms with Gasteiger partial charge in [0.2, 0.25) is 0 Å². The van der Waals surface area contributed by atoms with Crippen molar-refractivity contribution in [1.29, 1.82) is 0 Å². The molecule has 0 radical (unpaired) electrons. The second-order valence-electron chi connectivity index (χ2n) is 5.82. The van der Waals surface area contributed by atoms with Crippen LogP contribution in [0.1, 0.15) is 29.5 Å². The second-order valence-corrected chi connectivity index (χ2v) is 5.82. The van der Waals surface area contributed by atoms with Gasteiger partial charge in [0.15, 0.2) is 0 Å². The van der Waals surface area contributed by atoms with E-state index in [1.165, 1.54) is 42.4 Å². The van der Waals surface area contributed by atoms with Crippen molar-refractivity contribution in [3.63, 3.8) is 0 Å². The van der Waals surface area contributed by atoms with E-state index >= 15 is 0 Å². The minimum absolute atomic E-state index is 0.553. The van der Waals surface area contributed by atoms with Gasteiger partial charge in [0, 0.05) is 24.5 Å². The van der Waals surface area contributed by atoms with Crippen molar-refractivity contribution >= 4 is 5.65 Å². The molecule has 0 aliphatic heterocycles. The van der Waals surface area contributed by atoms with Gasteiger partial charge >= 0.3 is 0 Å². The quantitative estimate of drug-likeness (QED) is 0.780. The van der Waals surface area contributed by atoms with E-state index in [4.69, 9.17) is 10.7 Å². The summed E-state index contributed by atoms with van der Waals surface area (Å²) in [6.07, 6.45) is 9.19. The first-order valence-electron chi connectivity index (χ1n) is 7.63. The molecule has 0 amide bonds.